The Morgan fingerprint density at radius 1 is 1.06 bits per heavy atom. The molecule has 7 heteroatoms. The Morgan fingerprint density at radius 2 is 1.81 bits per heavy atom. The van der Waals surface area contributed by atoms with Crippen LogP contribution in [0.25, 0.3) is 21.7 Å². The van der Waals surface area contributed by atoms with Crippen molar-refractivity contribution in [3.63, 3.8) is 0 Å². The number of aromatic nitrogens is 1. The molecule has 0 radical (unpaired) electrons. The van der Waals surface area contributed by atoms with Crippen molar-refractivity contribution >= 4 is 33.6 Å². The lowest BCUT2D eigenvalue weighted by Crippen LogP contribution is -2.26. The number of carbonyl (C=O) groups is 2. The van der Waals surface area contributed by atoms with Gasteiger partial charge in [0.1, 0.15) is 17.6 Å². The molecule has 32 heavy (non-hydrogen) atoms. The average molecular weight is 434 g/mol. The van der Waals surface area contributed by atoms with Gasteiger partial charge in [-0.1, -0.05) is 42.5 Å². The molecule has 1 atom stereocenters. The number of halogens is 1. The Bertz CT molecular complexity index is 1320. The van der Waals surface area contributed by atoms with Crippen molar-refractivity contribution in [2.45, 2.75) is 19.5 Å². The van der Waals surface area contributed by atoms with Crippen LogP contribution >= 0.6 is 0 Å². The first kappa shape index (κ1) is 21.5. The summed E-state index contributed by atoms with van der Waals surface area (Å²) in [7, 11) is 1.21. The smallest absolute Gasteiger partial charge is 0.355 e. The standard InChI is InChI=1S/C25H23FN2O4/c1-3-32-25(30)23-21(22(27)24(29)31-2)19-13-17(26)11-12-20(19)28(23)14-16-9-6-8-15-7-4-5-10-18(15)16/h4-13,22H,3,14,27H2,1-2H3. The summed E-state index contributed by atoms with van der Waals surface area (Å²) in [6.07, 6.45) is 0. The molecule has 0 aliphatic rings. The van der Waals surface area contributed by atoms with E-state index in [-0.39, 0.29) is 17.9 Å². The van der Waals surface area contributed by atoms with Gasteiger partial charge in [-0.25, -0.2) is 9.18 Å². The Balaban J connectivity index is 2.01. The van der Waals surface area contributed by atoms with Crippen molar-refractivity contribution in [1.29, 1.82) is 0 Å². The molecule has 0 saturated heterocycles. The van der Waals surface area contributed by atoms with Crippen LogP contribution < -0.4 is 5.73 Å². The zero-order valence-electron chi connectivity index (χ0n) is 17.8. The van der Waals surface area contributed by atoms with Gasteiger partial charge in [-0.2, -0.15) is 0 Å². The lowest BCUT2D eigenvalue weighted by atomic mass is 10.0. The molecule has 0 bridgehead atoms. The third-order valence-electron chi connectivity index (χ3n) is 5.51. The molecule has 0 fully saturated rings. The summed E-state index contributed by atoms with van der Waals surface area (Å²) in [6, 6.07) is 16.7. The first-order valence-electron chi connectivity index (χ1n) is 10.2. The molecule has 2 N–H and O–H groups in total. The molecule has 6 nitrogen and oxygen atoms in total. The van der Waals surface area contributed by atoms with Crippen LogP contribution in [-0.2, 0) is 20.8 Å². The topological polar surface area (TPSA) is 83.6 Å². The zero-order valence-corrected chi connectivity index (χ0v) is 17.8. The van der Waals surface area contributed by atoms with E-state index >= 15 is 0 Å². The molecule has 0 amide bonds. The molecule has 0 aliphatic carbocycles. The van der Waals surface area contributed by atoms with Crippen molar-refractivity contribution in [3.05, 3.63) is 83.3 Å². The third-order valence-corrected chi connectivity index (χ3v) is 5.51. The molecule has 0 saturated carbocycles. The van der Waals surface area contributed by atoms with E-state index in [4.69, 9.17) is 15.2 Å². The molecule has 4 aromatic rings. The minimum atomic E-state index is -1.28. The molecular formula is C25H23FN2O4. The zero-order chi connectivity index (χ0) is 22.8. The predicted octanol–water partition coefficient (Wildman–Crippen LogP) is 4.33. The van der Waals surface area contributed by atoms with Gasteiger partial charge >= 0.3 is 11.9 Å². The van der Waals surface area contributed by atoms with E-state index in [0.717, 1.165) is 16.3 Å². The Hall–Kier alpha value is -3.71. The summed E-state index contributed by atoms with van der Waals surface area (Å²) >= 11 is 0. The van der Waals surface area contributed by atoms with E-state index in [1.54, 1.807) is 17.6 Å². The first-order valence-corrected chi connectivity index (χ1v) is 10.2. The van der Waals surface area contributed by atoms with Crippen LogP contribution in [0, 0.1) is 5.82 Å². The fraction of sp³-hybridized carbons (Fsp3) is 0.200. The number of rotatable bonds is 6. The Kier molecular flexibility index (Phi) is 5.92. The van der Waals surface area contributed by atoms with Crippen molar-refractivity contribution < 1.29 is 23.5 Å². The number of nitrogens with zero attached hydrogens (tertiary/aromatic N) is 1. The first-order chi connectivity index (χ1) is 15.5. The third kappa shape index (κ3) is 3.71. The van der Waals surface area contributed by atoms with Crippen LogP contribution in [0.1, 0.15) is 34.6 Å². The second-order valence-electron chi connectivity index (χ2n) is 7.37. The molecule has 0 spiro atoms. The van der Waals surface area contributed by atoms with Crippen molar-refractivity contribution in [2.75, 3.05) is 13.7 Å². The molecule has 164 valence electrons. The highest BCUT2D eigenvalue weighted by Crippen LogP contribution is 2.34. The average Bonchev–Trinajstić information content (AvgIpc) is 3.11. The van der Waals surface area contributed by atoms with Gasteiger partial charge in [0, 0.05) is 23.0 Å². The molecule has 4 rings (SSSR count). The van der Waals surface area contributed by atoms with Crippen LogP contribution in [0.3, 0.4) is 0 Å². The fourth-order valence-electron chi connectivity index (χ4n) is 4.10. The van der Waals surface area contributed by atoms with Gasteiger partial charge < -0.3 is 19.8 Å². The summed E-state index contributed by atoms with van der Waals surface area (Å²) in [5.74, 6) is -1.88. The normalized spacial score (nSPS) is 12.1. The van der Waals surface area contributed by atoms with Crippen LogP contribution in [0.2, 0.25) is 0 Å². The van der Waals surface area contributed by atoms with Crippen molar-refractivity contribution in [3.8, 4) is 0 Å². The number of hydrogen-bond acceptors (Lipinski definition) is 5. The van der Waals surface area contributed by atoms with Crippen LogP contribution in [-0.4, -0.2) is 30.2 Å². The van der Waals surface area contributed by atoms with Gasteiger partial charge in [0.05, 0.1) is 13.7 Å². The lowest BCUT2D eigenvalue weighted by molar-refractivity contribution is -0.142. The van der Waals surface area contributed by atoms with Gasteiger partial charge in [0.25, 0.3) is 0 Å². The summed E-state index contributed by atoms with van der Waals surface area (Å²) in [4.78, 5) is 25.4. The van der Waals surface area contributed by atoms with E-state index in [9.17, 15) is 14.0 Å². The number of ether oxygens (including phenoxy) is 2. The second kappa shape index (κ2) is 8.80. The number of methoxy groups -OCH3 is 1. The maximum absolute atomic E-state index is 14.2. The van der Waals surface area contributed by atoms with Crippen LogP contribution in [0.4, 0.5) is 4.39 Å². The lowest BCUT2D eigenvalue weighted by Gasteiger charge is -2.15. The maximum atomic E-state index is 14.2. The summed E-state index contributed by atoms with van der Waals surface area (Å²) < 4.78 is 26.0. The molecule has 1 heterocycles. The van der Waals surface area contributed by atoms with Crippen molar-refractivity contribution in [2.24, 2.45) is 5.73 Å². The number of fused-ring (bicyclic) bond motifs is 2. The monoisotopic (exact) mass is 434 g/mol. The second-order valence-corrected chi connectivity index (χ2v) is 7.37. The molecule has 1 aromatic heterocycles. The van der Waals surface area contributed by atoms with Gasteiger partial charge in [-0.15, -0.1) is 0 Å². The van der Waals surface area contributed by atoms with E-state index in [1.165, 1.54) is 19.2 Å². The number of hydrogen-bond donors (Lipinski definition) is 1. The predicted molar refractivity (Wildman–Crippen MR) is 120 cm³/mol. The van der Waals surface area contributed by atoms with E-state index < -0.39 is 23.8 Å². The summed E-state index contributed by atoms with van der Waals surface area (Å²) in [5.41, 5.74) is 7.99. The molecule has 3 aromatic carbocycles. The van der Waals surface area contributed by atoms with Gasteiger partial charge in [0.2, 0.25) is 0 Å². The maximum Gasteiger partial charge on any atom is 0.355 e. The minimum absolute atomic E-state index is 0.110. The SMILES string of the molecule is CCOC(=O)c1c(C(N)C(=O)OC)c2cc(F)ccc2n1Cc1cccc2ccccc12. The quantitative estimate of drug-likeness (QED) is 0.457. The van der Waals surface area contributed by atoms with Crippen LogP contribution in [0.15, 0.2) is 60.7 Å². The van der Waals surface area contributed by atoms with Gasteiger partial charge in [-0.3, -0.25) is 4.79 Å². The Morgan fingerprint density at radius 3 is 2.56 bits per heavy atom. The highest BCUT2D eigenvalue weighted by molar-refractivity contribution is 6.02. The number of carbonyl (C=O) groups excluding carboxylic acids is 2. The van der Waals surface area contributed by atoms with Gasteiger partial charge in [-0.05, 0) is 41.5 Å². The Labute approximate surface area is 184 Å². The molecular weight excluding hydrogens is 411 g/mol. The highest BCUT2D eigenvalue weighted by atomic mass is 19.1. The summed E-state index contributed by atoms with van der Waals surface area (Å²) in [5, 5.41) is 2.44. The molecule has 0 aliphatic heterocycles. The number of benzene rings is 3. The van der Waals surface area contributed by atoms with Gasteiger partial charge in [0.15, 0.2) is 0 Å². The number of esters is 2. The van der Waals surface area contributed by atoms with E-state index in [0.29, 0.717) is 17.4 Å². The van der Waals surface area contributed by atoms with Crippen molar-refractivity contribution in [1.82, 2.24) is 4.57 Å². The largest absolute Gasteiger partial charge is 0.468 e. The summed E-state index contributed by atoms with van der Waals surface area (Å²) in [6.45, 7) is 2.12. The van der Waals surface area contributed by atoms with E-state index in [1.807, 2.05) is 42.5 Å². The number of nitrogens with two attached hydrogens (primary N) is 1. The highest BCUT2D eigenvalue weighted by Gasteiger charge is 2.31. The van der Waals surface area contributed by atoms with E-state index in [2.05, 4.69) is 0 Å². The van der Waals surface area contributed by atoms with Crippen LogP contribution in [0.5, 0.6) is 0 Å². The molecule has 1 unspecified atom stereocenters. The fourth-order valence-corrected chi connectivity index (χ4v) is 4.10. The minimum Gasteiger partial charge on any atom is -0.468 e.